The molecule has 1 fully saturated rings. The molecule has 1 amide bonds. The highest BCUT2D eigenvalue weighted by Gasteiger charge is 2.26. The fourth-order valence-electron chi connectivity index (χ4n) is 3.07. The molecule has 0 radical (unpaired) electrons. The molecule has 3 rings (SSSR count). The normalized spacial score (nSPS) is 15.6. The maximum Gasteiger partial charge on any atom is 0.426 e. The Morgan fingerprint density at radius 1 is 1.15 bits per heavy atom. The van der Waals surface area contributed by atoms with Crippen molar-refractivity contribution in [3.8, 4) is 11.5 Å². The van der Waals surface area contributed by atoms with Crippen LogP contribution in [0.15, 0.2) is 42.5 Å². The molecule has 0 spiro atoms. The molecule has 2 aromatic carbocycles. The van der Waals surface area contributed by atoms with E-state index in [2.05, 4.69) is 5.32 Å². The zero-order valence-electron chi connectivity index (χ0n) is 14.2. The summed E-state index contributed by atoms with van der Waals surface area (Å²) in [7, 11) is 0. The number of aromatic hydroxyl groups is 2. The first-order chi connectivity index (χ1) is 12.5. The number of rotatable bonds is 4. The van der Waals surface area contributed by atoms with Crippen molar-refractivity contribution in [1.82, 2.24) is 10.4 Å². The van der Waals surface area contributed by atoms with Gasteiger partial charge in [0.05, 0.1) is 0 Å². The molecule has 26 heavy (non-hydrogen) atoms. The summed E-state index contributed by atoms with van der Waals surface area (Å²) in [5, 5.41) is 23.5. The number of halogens is 1. The molecule has 0 unspecified atom stereocenters. The van der Waals surface area contributed by atoms with Crippen LogP contribution in [0.25, 0.3) is 0 Å². The van der Waals surface area contributed by atoms with Crippen LogP contribution >= 0.6 is 0 Å². The lowest BCUT2D eigenvalue weighted by molar-refractivity contribution is -0.113. The van der Waals surface area contributed by atoms with E-state index in [0.717, 1.165) is 11.6 Å². The summed E-state index contributed by atoms with van der Waals surface area (Å²) in [5.74, 6) is -1.50. The van der Waals surface area contributed by atoms with Crippen molar-refractivity contribution in [3.05, 3.63) is 59.4 Å². The smallest absolute Gasteiger partial charge is 0.426 e. The average Bonchev–Trinajstić information content (AvgIpc) is 2.65. The number of hydroxylamine groups is 2. The summed E-state index contributed by atoms with van der Waals surface area (Å²) in [5.41, 5.74) is 1.45. The highest BCUT2D eigenvalue weighted by Crippen LogP contribution is 2.36. The molecule has 0 saturated carbocycles. The highest BCUT2D eigenvalue weighted by atomic mass is 19.1. The molecule has 0 aromatic heterocycles. The van der Waals surface area contributed by atoms with Crippen LogP contribution in [0, 0.1) is 5.82 Å². The molecule has 1 saturated heterocycles. The minimum atomic E-state index is -0.753. The Kier molecular flexibility index (Phi) is 5.58. The van der Waals surface area contributed by atoms with Gasteiger partial charge < -0.3 is 20.4 Å². The topological polar surface area (TPSA) is 82.0 Å². The average molecular weight is 360 g/mol. The third-order valence-electron chi connectivity index (χ3n) is 4.48. The first kappa shape index (κ1) is 18.0. The van der Waals surface area contributed by atoms with Crippen molar-refractivity contribution in [2.75, 3.05) is 13.1 Å². The molecule has 1 heterocycles. The maximum atomic E-state index is 13.5. The summed E-state index contributed by atoms with van der Waals surface area (Å²) in [6.45, 7) is 1.34. The zero-order valence-corrected chi connectivity index (χ0v) is 14.2. The Bertz CT molecular complexity index is 762. The number of nitrogens with one attached hydrogen (secondary N) is 1. The molecule has 0 atom stereocenters. The van der Waals surface area contributed by atoms with E-state index in [-0.39, 0.29) is 11.7 Å². The van der Waals surface area contributed by atoms with E-state index >= 15 is 0 Å². The number of amides is 1. The Morgan fingerprint density at radius 3 is 2.54 bits per heavy atom. The third-order valence-corrected chi connectivity index (χ3v) is 4.48. The van der Waals surface area contributed by atoms with Crippen molar-refractivity contribution in [3.63, 3.8) is 0 Å². The summed E-state index contributed by atoms with van der Waals surface area (Å²) in [6.07, 6.45) is 0.679. The molecule has 0 aliphatic carbocycles. The second-order valence-corrected chi connectivity index (χ2v) is 6.28. The van der Waals surface area contributed by atoms with Crippen molar-refractivity contribution in [2.24, 2.45) is 0 Å². The number of benzene rings is 2. The SMILES string of the molecule is O=C(NCc1ccccc1)ON1CCC(c2cc(F)c(O)cc2O)CC1. The minimum Gasteiger partial charge on any atom is -0.508 e. The van der Waals surface area contributed by atoms with Crippen LogP contribution in [0.2, 0.25) is 0 Å². The van der Waals surface area contributed by atoms with E-state index in [4.69, 9.17) is 4.84 Å². The molecule has 0 bridgehead atoms. The molecule has 7 heteroatoms. The van der Waals surface area contributed by atoms with Crippen molar-refractivity contribution < 1.29 is 24.2 Å². The first-order valence-corrected chi connectivity index (χ1v) is 8.49. The lowest BCUT2D eigenvalue weighted by Gasteiger charge is -2.30. The van der Waals surface area contributed by atoms with Gasteiger partial charge in [0.1, 0.15) is 5.75 Å². The van der Waals surface area contributed by atoms with Crippen LogP contribution in [0.5, 0.6) is 11.5 Å². The van der Waals surface area contributed by atoms with Crippen molar-refractivity contribution in [2.45, 2.75) is 25.3 Å². The molecule has 6 nitrogen and oxygen atoms in total. The number of carbonyl (C=O) groups excluding carboxylic acids is 1. The van der Waals surface area contributed by atoms with E-state index in [1.54, 1.807) is 5.06 Å². The Balaban J connectivity index is 1.48. The number of nitrogens with zero attached hydrogens (tertiary/aromatic N) is 1. The number of hydrogen-bond donors (Lipinski definition) is 3. The van der Waals surface area contributed by atoms with Gasteiger partial charge in [0.25, 0.3) is 0 Å². The minimum absolute atomic E-state index is 0.0580. The lowest BCUT2D eigenvalue weighted by Crippen LogP contribution is -2.38. The van der Waals surface area contributed by atoms with E-state index < -0.39 is 17.7 Å². The molecule has 1 aliphatic rings. The quantitative estimate of drug-likeness (QED) is 0.780. The number of phenols is 2. The van der Waals surface area contributed by atoms with Crippen molar-refractivity contribution in [1.29, 1.82) is 0 Å². The van der Waals surface area contributed by atoms with Gasteiger partial charge in [-0.25, -0.2) is 9.18 Å². The first-order valence-electron chi connectivity index (χ1n) is 8.49. The Hall–Kier alpha value is -2.80. The van der Waals surface area contributed by atoms with Crippen molar-refractivity contribution >= 4 is 6.09 Å². The fourth-order valence-corrected chi connectivity index (χ4v) is 3.07. The standard InChI is InChI=1S/C19H21FN2O4/c20-16-10-15(17(23)11-18(16)24)14-6-8-22(9-7-14)26-19(25)21-12-13-4-2-1-3-5-13/h1-5,10-11,14,23-24H,6-9,12H2,(H,21,25). The maximum absolute atomic E-state index is 13.5. The van der Waals surface area contributed by atoms with Crippen LogP contribution in [0.4, 0.5) is 9.18 Å². The Morgan fingerprint density at radius 2 is 1.85 bits per heavy atom. The fraction of sp³-hybridized carbons (Fsp3) is 0.316. The lowest BCUT2D eigenvalue weighted by atomic mass is 9.89. The van der Waals surface area contributed by atoms with Gasteiger partial charge in [-0.3, -0.25) is 0 Å². The largest absolute Gasteiger partial charge is 0.508 e. The van der Waals surface area contributed by atoms with E-state index in [0.29, 0.717) is 38.0 Å². The number of carbonyl (C=O) groups is 1. The molecule has 2 aromatic rings. The van der Waals surface area contributed by atoms with Gasteiger partial charge in [0.15, 0.2) is 11.6 Å². The monoisotopic (exact) mass is 360 g/mol. The van der Waals surface area contributed by atoms with Gasteiger partial charge in [-0.1, -0.05) is 30.3 Å². The number of hydrogen-bond acceptors (Lipinski definition) is 5. The summed E-state index contributed by atoms with van der Waals surface area (Å²) < 4.78 is 13.5. The molecule has 1 aliphatic heterocycles. The van der Waals surface area contributed by atoms with Gasteiger partial charge >= 0.3 is 6.09 Å². The van der Waals surface area contributed by atoms with Crippen LogP contribution in [0.3, 0.4) is 0 Å². The highest BCUT2D eigenvalue weighted by molar-refractivity contribution is 5.66. The van der Waals surface area contributed by atoms with Crippen LogP contribution in [0.1, 0.15) is 29.9 Å². The molecular formula is C19H21FN2O4. The predicted octanol–water partition coefficient (Wildman–Crippen LogP) is 3.26. The second kappa shape index (κ2) is 8.05. The number of phenolic OH excluding ortho intramolecular Hbond substituents is 2. The van der Waals surface area contributed by atoms with E-state index in [1.807, 2.05) is 30.3 Å². The van der Waals surface area contributed by atoms with E-state index in [1.165, 1.54) is 6.07 Å². The Labute approximate surface area is 150 Å². The zero-order chi connectivity index (χ0) is 18.5. The van der Waals surface area contributed by atoms with Crippen LogP contribution < -0.4 is 5.32 Å². The van der Waals surface area contributed by atoms with Crippen LogP contribution in [-0.4, -0.2) is 34.5 Å². The van der Waals surface area contributed by atoms with Crippen LogP contribution in [-0.2, 0) is 11.4 Å². The molecular weight excluding hydrogens is 339 g/mol. The van der Waals surface area contributed by atoms with Gasteiger partial charge in [-0.15, -0.1) is 5.06 Å². The summed E-state index contributed by atoms with van der Waals surface area (Å²) >= 11 is 0. The summed E-state index contributed by atoms with van der Waals surface area (Å²) in [4.78, 5) is 17.2. The van der Waals surface area contributed by atoms with Gasteiger partial charge in [-0.2, -0.15) is 0 Å². The van der Waals surface area contributed by atoms with Gasteiger partial charge in [0.2, 0.25) is 0 Å². The molecule has 3 N–H and O–H groups in total. The molecule has 138 valence electrons. The van der Waals surface area contributed by atoms with E-state index in [9.17, 15) is 19.4 Å². The van der Waals surface area contributed by atoms with Gasteiger partial charge in [-0.05, 0) is 30.4 Å². The predicted molar refractivity (Wildman–Crippen MR) is 93.0 cm³/mol. The third kappa shape index (κ3) is 4.43. The second-order valence-electron chi connectivity index (χ2n) is 6.28. The van der Waals surface area contributed by atoms with Gasteiger partial charge in [0, 0.05) is 31.3 Å². The summed E-state index contributed by atoms with van der Waals surface area (Å²) in [6, 6.07) is 11.7. The number of piperidine rings is 1.